The smallest absolute Gasteiger partial charge is 0.490 e. The number of benzene rings is 1. The molecule has 2 aliphatic heterocycles. The van der Waals surface area contributed by atoms with Crippen LogP contribution in [0.5, 0.6) is 5.75 Å². The van der Waals surface area contributed by atoms with Crippen molar-refractivity contribution in [2.75, 3.05) is 26.7 Å². The van der Waals surface area contributed by atoms with Crippen molar-refractivity contribution >= 4 is 11.9 Å². The summed E-state index contributed by atoms with van der Waals surface area (Å²) in [5.74, 6) is -0.731. The molecule has 0 atom stereocenters. The van der Waals surface area contributed by atoms with Gasteiger partial charge in [-0.05, 0) is 30.5 Å². The fourth-order valence-electron chi connectivity index (χ4n) is 5.35. The Morgan fingerprint density at radius 3 is 2.38 bits per heavy atom. The second-order valence-electron chi connectivity index (χ2n) is 9.65. The van der Waals surface area contributed by atoms with Gasteiger partial charge < -0.3 is 19.3 Å². The van der Waals surface area contributed by atoms with Crippen LogP contribution in [-0.2, 0) is 35.3 Å². The summed E-state index contributed by atoms with van der Waals surface area (Å²) in [6.07, 6.45) is 2.51. The lowest BCUT2D eigenvalue weighted by Gasteiger charge is -2.50. The molecule has 1 aromatic carbocycles. The zero-order chi connectivity index (χ0) is 28.4. The summed E-state index contributed by atoms with van der Waals surface area (Å²) in [5.41, 5.74) is 3.03. The van der Waals surface area contributed by atoms with E-state index in [0.717, 1.165) is 61.9 Å². The molecule has 0 saturated carbocycles. The summed E-state index contributed by atoms with van der Waals surface area (Å²) in [5, 5.41) is 11.5. The molecular formula is C26H31F3N6O4. The number of hydrogen-bond acceptors (Lipinski definition) is 6. The predicted molar refractivity (Wildman–Crippen MR) is 135 cm³/mol. The van der Waals surface area contributed by atoms with Gasteiger partial charge in [-0.3, -0.25) is 14.4 Å². The van der Waals surface area contributed by atoms with Crippen LogP contribution in [0.3, 0.4) is 0 Å². The number of carboxylic acids is 1. The number of carboxylic acid groups (broad SMARTS) is 1. The van der Waals surface area contributed by atoms with Crippen LogP contribution in [0.4, 0.5) is 13.2 Å². The van der Waals surface area contributed by atoms with Crippen molar-refractivity contribution in [3.8, 4) is 17.0 Å². The van der Waals surface area contributed by atoms with Crippen LogP contribution in [0.1, 0.15) is 31.2 Å². The molecule has 3 aromatic rings. The van der Waals surface area contributed by atoms with E-state index in [-0.39, 0.29) is 11.4 Å². The second kappa shape index (κ2) is 11.1. The molecule has 13 heteroatoms. The first-order valence-electron chi connectivity index (χ1n) is 12.4. The Kier molecular flexibility index (Phi) is 8.00. The Morgan fingerprint density at radius 2 is 1.82 bits per heavy atom. The SMILES string of the molecule is COc1cccc(CN2CCC3(CC2)c2ncc(-c4cnn(C)c4)n2CCN3C(C)=O)c1.O=C(O)C(F)(F)F. The van der Waals surface area contributed by atoms with E-state index in [1.807, 2.05) is 42.5 Å². The molecule has 1 fully saturated rings. The minimum absolute atomic E-state index is 0.128. The largest absolute Gasteiger partial charge is 0.497 e. The number of carbonyl (C=O) groups excluding carboxylic acids is 1. The summed E-state index contributed by atoms with van der Waals surface area (Å²) >= 11 is 0. The number of carbonyl (C=O) groups is 2. The summed E-state index contributed by atoms with van der Waals surface area (Å²) in [4.78, 5) is 31.0. The highest BCUT2D eigenvalue weighted by Gasteiger charge is 2.48. The van der Waals surface area contributed by atoms with E-state index in [4.69, 9.17) is 19.6 Å². The number of imidazole rings is 1. The van der Waals surface area contributed by atoms with Crippen molar-refractivity contribution in [1.82, 2.24) is 29.1 Å². The predicted octanol–water partition coefficient (Wildman–Crippen LogP) is 3.28. The van der Waals surface area contributed by atoms with Gasteiger partial charge in [0.05, 0.1) is 25.2 Å². The van der Waals surface area contributed by atoms with Gasteiger partial charge in [0.2, 0.25) is 5.91 Å². The third-order valence-corrected chi connectivity index (χ3v) is 7.18. The first kappa shape index (κ1) is 28.1. The van der Waals surface area contributed by atoms with Crippen LogP contribution in [0.2, 0.25) is 0 Å². The van der Waals surface area contributed by atoms with Crippen LogP contribution in [-0.4, -0.2) is 79.0 Å². The molecule has 1 amide bonds. The molecule has 0 unspecified atom stereocenters. The van der Waals surface area contributed by atoms with Gasteiger partial charge in [0.1, 0.15) is 17.1 Å². The maximum absolute atomic E-state index is 12.7. The Morgan fingerprint density at radius 1 is 1.13 bits per heavy atom. The normalized spacial score (nSPS) is 16.8. The molecule has 1 N–H and O–H groups in total. The number of hydrogen-bond donors (Lipinski definition) is 1. The molecule has 210 valence electrons. The van der Waals surface area contributed by atoms with Crippen molar-refractivity contribution in [1.29, 1.82) is 0 Å². The Bertz CT molecular complexity index is 1330. The monoisotopic (exact) mass is 548 g/mol. The standard InChI is InChI=1S/C24H30N6O2.C2HF3O2/c1-18(31)30-12-11-29-22(20-14-26-27(2)17-20)15-25-23(29)24(30)7-9-28(10-8-24)16-19-5-4-6-21(13-19)32-3;3-2(4,5)1(6)7/h4-6,13-15,17H,7-12,16H2,1-3H3;(H,6,7). The van der Waals surface area contributed by atoms with Crippen LogP contribution < -0.4 is 4.74 Å². The number of aromatic nitrogens is 4. The highest BCUT2D eigenvalue weighted by molar-refractivity contribution is 5.75. The van der Waals surface area contributed by atoms with E-state index in [2.05, 4.69) is 31.6 Å². The Hall–Kier alpha value is -3.87. The maximum Gasteiger partial charge on any atom is 0.490 e. The van der Waals surface area contributed by atoms with Gasteiger partial charge in [0, 0.05) is 58.5 Å². The van der Waals surface area contributed by atoms with Gasteiger partial charge >= 0.3 is 12.1 Å². The molecule has 0 radical (unpaired) electrons. The summed E-state index contributed by atoms with van der Waals surface area (Å²) in [6.45, 7) is 5.86. The summed E-state index contributed by atoms with van der Waals surface area (Å²) in [6, 6.07) is 8.25. The third-order valence-electron chi connectivity index (χ3n) is 7.18. The minimum Gasteiger partial charge on any atom is -0.497 e. The van der Waals surface area contributed by atoms with Gasteiger partial charge in [-0.15, -0.1) is 0 Å². The number of likely N-dealkylation sites (tertiary alicyclic amines) is 1. The Labute approximate surface area is 223 Å². The van der Waals surface area contributed by atoms with Crippen molar-refractivity contribution < 1.29 is 32.6 Å². The molecule has 5 rings (SSSR count). The lowest BCUT2D eigenvalue weighted by Crippen LogP contribution is -2.59. The fraction of sp³-hybridized carbons (Fsp3) is 0.462. The molecule has 2 aliphatic rings. The van der Waals surface area contributed by atoms with Gasteiger partial charge in [-0.25, -0.2) is 9.78 Å². The quantitative estimate of drug-likeness (QED) is 0.534. The van der Waals surface area contributed by atoms with Crippen LogP contribution in [0.15, 0.2) is 42.9 Å². The number of nitrogens with zero attached hydrogens (tertiary/aromatic N) is 6. The molecule has 4 heterocycles. The van der Waals surface area contributed by atoms with Gasteiger partial charge in [-0.1, -0.05) is 12.1 Å². The van der Waals surface area contributed by atoms with Gasteiger partial charge in [0.25, 0.3) is 0 Å². The number of ether oxygens (including phenoxy) is 1. The van der Waals surface area contributed by atoms with Crippen molar-refractivity contribution in [2.24, 2.45) is 7.05 Å². The maximum atomic E-state index is 12.7. The van der Waals surface area contributed by atoms with E-state index in [1.54, 1.807) is 14.0 Å². The van der Waals surface area contributed by atoms with Gasteiger partial charge in [0.15, 0.2) is 0 Å². The highest BCUT2D eigenvalue weighted by Crippen LogP contribution is 2.42. The molecule has 0 aliphatic carbocycles. The van der Waals surface area contributed by atoms with E-state index in [0.29, 0.717) is 6.54 Å². The molecule has 0 bridgehead atoms. The number of amides is 1. The van der Waals surface area contributed by atoms with E-state index in [9.17, 15) is 18.0 Å². The lowest BCUT2D eigenvalue weighted by molar-refractivity contribution is -0.192. The molecule has 39 heavy (non-hydrogen) atoms. The van der Waals surface area contributed by atoms with Crippen LogP contribution >= 0.6 is 0 Å². The fourth-order valence-corrected chi connectivity index (χ4v) is 5.35. The number of aryl methyl sites for hydroxylation is 1. The molecule has 1 spiro atoms. The van der Waals surface area contributed by atoms with Crippen molar-refractivity contribution in [3.05, 3.63) is 54.2 Å². The van der Waals surface area contributed by atoms with E-state index in [1.165, 1.54) is 5.56 Å². The number of aliphatic carboxylic acids is 1. The molecule has 1 saturated heterocycles. The topological polar surface area (TPSA) is 106 Å². The first-order valence-corrected chi connectivity index (χ1v) is 12.4. The number of alkyl halides is 3. The third kappa shape index (κ3) is 5.92. The zero-order valence-corrected chi connectivity index (χ0v) is 22.0. The van der Waals surface area contributed by atoms with Crippen molar-refractivity contribution in [3.63, 3.8) is 0 Å². The first-order chi connectivity index (χ1) is 18.4. The van der Waals surface area contributed by atoms with Crippen LogP contribution in [0, 0.1) is 0 Å². The van der Waals surface area contributed by atoms with Crippen LogP contribution in [0.25, 0.3) is 11.3 Å². The zero-order valence-electron chi connectivity index (χ0n) is 22.0. The number of rotatable bonds is 4. The molecular weight excluding hydrogens is 517 g/mol. The summed E-state index contributed by atoms with van der Waals surface area (Å²) < 4.78 is 41.2. The number of methoxy groups -OCH3 is 1. The van der Waals surface area contributed by atoms with E-state index >= 15 is 0 Å². The van der Waals surface area contributed by atoms with Crippen molar-refractivity contribution in [2.45, 2.75) is 44.6 Å². The Balaban J connectivity index is 0.000000448. The average molecular weight is 549 g/mol. The second-order valence-corrected chi connectivity index (χ2v) is 9.65. The minimum atomic E-state index is -5.08. The number of fused-ring (bicyclic) bond motifs is 2. The number of piperidine rings is 1. The highest BCUT2D eigenvalue weighted by atomic mass is 19.4. The lowest BCUT2D eigenvalue weighted by atomic mass is 9.83. The molecule has 10 nitrogen and oxygen atoms in total. The summed E-state index contributed by atoms with van der Waals surface area (Å²) in [7, 11) is 3.62. The average Bonchev–Trinajstić information content (AvgIpc) is 3.52. The van der Waals surface area contributed by atoms with Gasteiger partial charge in [-0.2, -0.15) is 18.3 Å². The van der Waals surface area contributed by atoms with E-state index < -0.39 is 12.1 Å². The number of halogens is 3. The molecule has 2 aromatic heterocycles.